The van der Waals surface area contributed by atoms with Gasteiger partial charge >= 0.3 is 0 Å². The van der Waals surface area contributed by atoms with Crippen molar-refractivity contribution in [3.05, 3.63) is 28.7 Å². The molecule has 2 heterocycles. The van der Waals surface area contributed by atoms with E-state index in [0.717, 1.165) is 17.1 Å². The molecule has 0 radical (unpaired) electrons. The van der Waals surface area contributed by atoms with Gasteiger partial charge in [-0.1, -0.05) is 5.21 Å². The lowest BCUT2D eigenvalue weighted by Gasteiger charge is -2.08. The summed E-state index contributed by atoms with van der Waals surface area (Å²) < 4.78 is 0. The van der Waals surface area contributed by atoms with Crippen LogP contribution in [-0.4, -0.2) is 32.2 Å². The van der Waals surface area contributed by atoms with E-state index in [9.17, 15) is 0 Å². The molecule has 0 aliphatic rings. The molecule has 2 rings (SSSR count). The van der Waals surface area contributed by atoms with Crippen LogP contribution in [0.4, 0.5) is 5.82 Å². The monoisotopic (exact) mass is 243 g/mol. The molecule has 0 aliphatic carbocycles. The van der Waals surface area contributed by atoms with Crippen LogP contribution < -0.4 is 5.32 Å². The Kier molecular flexibility index (Phi) is 3.48. The minimum absolute atomic E-state index is 0.638. The minimum atomic E-state index is 0.638. The molecule has 18 heavy (non-hydrogen) atoms. The van der Waals surface area contributed by atoms with Crippen molar-refractivity contribution in [1.29, 1.82) is 5.26 Å². The van der Waals surface area contributed by atoms with Gasteiger partial charge in [0.05, 0.1) is 11.3 Å². The first kappa shape index (κ1) is 12.0. The molecule has 92 valence electrons. The third-order valence-corrected chi connectivity index (χ3v) is 2.55. The Labute approximate surface area is 104 Å². The maximum atomic E-state index is 8.95. The standard InChI is InChI=1S/C11H13N7/c1-7-5-11(14-8(2)9(7)6-12)13-4-3-10-15-17-18-16-10/h5H,3-4H2,1-2H3,(H,13,14)(H,15,16,17,18). The number of aromatic nitrogens is 5. The van der Waals surface area contributed by atoms with Gasteiger partial charge in [0.1, 0.15) is 11.9 Å². The zero-order valence-electron chi connectivity index (χ0n) is 10.2. The van der Waals surface area contributed by atoms with Gasteiger partial charge in [-0.3, -0.25) is 0 Å². The maximum absolute atomic E-state index is 8.95. The van der Waals surface area contributed by atoms with E-state index >= 15 is 0 Å². The summed E-state index contributed by atoms with van der Waals surface area (Å²) in [6.07, 6.45) is 0.663. The summed E-state index contributed by atoms with van der Waals surface area (Å²) in [7, 11) is 0. The summed E-state index contributed by atoms with van der Waals surface area (Å²) in [5.41, 5.74) is 2.30. The Morgan fingerprint density at radius 2 is 2.28 bits per heavy atom. The fraction of sp³-hybridized carbons (Fsp3) is 0.364. The average Bonchev–Trinajstić information content (AvgIpc) is 2.82. The molecule has 0 spiro atoms. The molecule has 0 bridgehead atoms. The van der Waals surface area contributed by atoms with Crippen molar-refractivity contribution in [2.75, 3.05) is 11.9 Å². The number of nitrogens with zero attached hydrogens (tertiary/aromatic N) is 5. The van der Waals surface area contributed by atoms with Crippen LogP contribution in [0.1, 0.15) is 22.6 Å². The van der Waals surface area contributed by atoms with E-state index in [1.165, 1.54) is 0 Å². The van der Waals surface area contributed by atoms with E-state index in [-0.39, 0.29) is 0 Å². The molecular weight excluding hydrogens is 230 g/mol. The number of nitrogens with one attached hydrogen (secondary N) is 2. The number of pyridine rings is 1. The second-order valence-corrected chi connectivity index (χ2v) is 3.90. The number of aromatic amines is 1. The van der Waals surface area contributed by atoms with Crippen LogP contribution in [0.3, 0.4) is 0 Å². The van der Waals surface area contributed by atoms with E-state index in [0.29, 0.717) is 24.4 Å². The predicted octanol–water partition coefficient (Wildman–Crippen LogP) is 0.738. The highest BCUT2D eigenvalue weighted by Crippen LogP contribution is 2.15. The number of anilines is 1. The van der Waals surface area contributed by atoms with Crippen molar-refractivity contribution in [1.82, 2.24) is 25.6 Å². The van der Waals surface area contributed by atoms with E-state index in [1.54, 1.807) is 0 Å². The van der Waals surface area contributed by atoms with Crippen LogP contribution >= 0.6 is 0 Å². The number of aryl methyl sites for hydroxylation is 2. The SMILES string of the molecule is Cc1cc(NCCc2nn[nH]n2)nc(C)c1C#N. The fourth-order valence-corrected chi connectivity index (χ4v) is 1.68. The van der Waals surface area contributed by atoms with Gasteiger partial charge in [0.25, 0.3) is 0 Å². The summed E-state index contributed by atoms with van der Waals surface area (Å²) in [4.78, 5) is 4.33. The van der Waals surface area contributed by atoms with Crippen LogP contribution in [-0.2, 0) is 6.42 Å². The number of tetrazole rings is 1. The highest BCUT2D eigenvalue weighted by molar-refractivity contribution is 5.48. The zero-order valence-corrected chi connectivity index (χ0v) is 10.2. The summed E-state index contributed by atoms with van der Waals surface area (Å²) in [6.45, 7) is 4.39. The predicted molar refractivity (Wildman–Crippen MR) is 64.8 cm³/mol. The molecule has 2 aromatic rings. The van der Waals surface area contributed by atoms with Gasteiger partial charge < -0.3 is 5.32 Å². The largest absolute Gasteiger partial charge is 0.370 e. The molecule has 0 unspecified atom stereocenters. The molecule has 0 amide bonds. The normalized spacial score (nSPS) is 10.1. The van der Waals surface area contributed by atoms with Crippen molar-refractivity contribution in [3.8, 4) is 6.07 Å². The first-order valence-electron chi connectivity index (χ1n) is 5.55. The van der Waals surface area contributed by atoms with Crippen molar-refractivity contribution < 1.29 is 0 Å². The molecule has 0 atom stereocenters. The number of rotatable bonds is 4. The molecule has 0 saturated heterocycles. The Morgan fingerprint density at radius 3 is 2.89 bits per heavy atom. The van der Waals surface area contributed by atoms with Gasteiger partial charge in [0, 0.05) is 13.0 Å². The van der Waals surface area contributed by atoms with Crippen LogP contribution in [0.15, 0.2) is 6.07 Å². The number of nitriles is 1. The van der Waals surface area contributed by atoms with Crippen molar-refractivity contribution in [3.63, 3.8) is 0 Å². The first-order valence-corrected chi connectivity index (χ1v) is 5.55. The van der Waals surface area contributed by atoms with Crippen LogP contribution in [0.25, 0.3) is 0 Å². The highest BCUT2D eigenvalue weighted by atomic mass is 15.5. The molecule has 2 aromatic heterocycles. The minimum Gasteiger partial charge on any atom is -0.370 e. The van der Waals surface area contributed by atoms with E-state index in [1.807, 2.05) is 19.9 Å². The maximum Gasteiger partial charge on any atom is 0.176 e. The lowest BCUT2D eigenvalue weighted by atomic mass is 10.1. The molecule has 0 fully saturated rings. The van der Waals surface area contributed by atoms with Gasteiger partial charge in [-0.05, 0) is 25.5 Å². The fourth-order valence-electron chi connectivity index (χ4n) is 1.68. The lowest BCUT2D eigenvalue weighted by molar-refractivity contribution is 0.881. The third kappa shape index (κ3) is 2.60. The molecule has 0 saturated carbocycles. The zero-order chi connectivity index (χ0) is 13.0. The van der Waals surface area contributed by atoms with E-state index < -0.39 is 0 Å². The molecule has 7 nitrogen and oxygen atoms in total. The van der Waals surface area contributed by atoms with E-state index in [2.05, 4.69) is 37.0 Å². The van der Waals surface area contributed by atoms with Crippen LogP contribution in [0.2, 0.25) is 0 Å². The second-order valence-electron chi connectivity index (χ2n) is 3.90. The summed E-state index contributed by atoms with van der Waals surface area (Å²) in [6, 6.07) is 4.01. The van der Waals surface area contributed by atoms with Crippen molar-refractivity contribution >= 4 is 5.82 Å². The number of H-pyrrole nitrogens is 1. The third-order valence-electron chi connectivity index (χ3n) is 2.55. The van der Waals surface area contributed by atoms with Gasteiger partial charge in [0.15, 0.2) is 5.82 Å². The van der Waals surface area contributed by atoms with Gasteiger partial charge in [-0.15, -0.1) is 10.2 Å². The number of hydrogen-bond acceptors (Lipinski definition) is 6. The second kappa shape index (κ2) is 5.23. The molecule has 0 aliphatic heterocycles. The Bertz CT molecular complexity index is 545. The van der Waals surface area contributed by atoms with Gasteiger partial charge in [0.2, 0.25) is 0 Å². The van der Waals surface area contributed by atoms with Crippen molar-refractivity contribution in [2.24, 2.45) is 0 Å². The molecule has 7 heteroatoms. The number of hydrogen-bond donors (Lipinski definition) is 2. The van der Waals surface area contributed by atoms with Gasteiger partial charge in [-0.2, -0.15) is 10.5 Å². The van der Waals surface area contributed by atoms with Crippen LogP contribution in [0.5, 0.6) is 0 Å². The highest BCUT2D eigenvalue weighted by Gasteiger charge is 2.06. The molecule has 0 aromatic carbocycles. The first-order chi connectivity index (χ1) is 8.70. The lowest BCUT2D eigenvalue weighted by Crippen LogP contribution is -2.08. The van der Waals surface area contributed by atoms with Gasteiger partial charge in [-0.25, -0.2) is 4.98 Å². The van der Waals surface area contributed by atoms with Crippen molar-refractivity contribution in [2.45, 2.75) is 20.3 Å². The average molecular weight is 243 g/mol. The molecular formula is C11H13N7. The van der Waals surface area contributed by atoms with Crippen LogP contribution in [0, 0.1) is 25.2 Å². The van der Waals surface area contributed by atoms with E-state index in [4.69, 9.17) is 5.26 Å². The Morgan fingerprint density at radius 1 is 1.44 bits per heavy atom. The Hall–Kier alpha value is -2.49. The summed E-state index contributed by atoms with van der Waals surface area (Å²) >= 11 is 0. The smallest absolute Gasteiger partial charge is 0.176 e. The topological polar surface area (TPSA) is 103 Å². The molecule has 2 N–H and O–H groups in total. The summed E-state index contributed by atoms with van der Waals surface area (Å²) in [5, 5.41) is 25.7. The summed E-state index contributed by atoms with van der Waals surface area (Å²) in [5.74, 6) is 1.41. The quantitative estimate of drug-likeness (QED) is 0.820. The Balaban J connectivity index is 2.00.